The van der Waals surface area contributed by atoms with Crippen molar-refractivity contribution >= 4 is 15.7 Å². The molecule has 118 valence electrons. The summed E-state index contributed by atoms with van der Waals surface area (Å²) in [6.45, 7) is 3.48. The van der Waals surface area contributed by atoms with E-state index in [4.69, 9.17) is 9.47 Å². The van der Waals surface area contributed by atoms with E-state index in [2.05, 4.69) is 4.72 Å². The Morgan fingerprint density at radius 2 is 1.55 bits per heavy atom. The predicted molar refractivity (Wildman–Crippen MR) is 86.3 cm³/mol. The van der Waals surface area contributed by atoms with Crippen molar-refractivity contribution in [3.05, 3.63) is 47.5 Å². The van der Waals surface area contributed by atoms with E-state index in [1.165, 1.54) is 7.11 Å². The predicted octanol–water partition coefficient (Wildman–Crippen LogP) is 3.12. The molecule has 0 aliphatic carbocycles. The van der Waals surface area contributed by atoms with Gasteiger partial charge >= 0.3 is 0 Å². The molecule has 22 heavy (non-hydrogen) atoms. The van der Waals surface area contributed by atoms with Gasteiger partial charge in [-0.3, -0.25) is 4.72 Å². The number of para-hydroxylation sites is 2. The fraction of sp³-hybridized carbons (Fsp3) is 0.250. The fourth-order valence-electron chi connectivity index (χ4n) is 2.38. The van der Waals surface area contributed by atoms with Crippen molar-refractivity contribution in [1.82, 2.24) is 0 Å². The minimum atomic E-state index is -3.72. The molecule has 2 aromatic rings. The first kappa shape index (κ1) is 16.2. The Hall–Kier alpha value is -2.21. The van der Waals surface area contributed by atoms with E-state index in [0.29, 0.717) is 28.3 Å². The average Bonchev–Trinajstić information content (AvgIpc) is 2.46. The molecule has 0 aromatic heterocycles. The lowest BCUT2D eigenvalue weighted by atomic mass is 10.1. The van der Waals surface area contributed by atoms with Gasteiger partial charge in [0.05, 0.1) is 24.8 Å². The smallest absolute Gasteiger partial charge is 0.262 e. The first-order valence-corrected chi connectivity index (χ1v) is 8.18. The molecule has 0 heterocycles. The molecule has 0 fully saturated rings. The van der Waals surface area contributed by atoms with Crippen LogP contribution >= 0.6 is 0 Å². The van der Waals surface area contributed by atoms with E-state index in [1.807, 2.05) is 0 Å². The summed E-state index contributed by atoms with van der Waals surface area (Å²) in [5.74, 6) is 1.10. The Labute approximate surface area is 130 Å². The highest BCUT2D eigenvalue weighted by atomic mass is 32.2. The molecular formula is C16H19NO4S. The first-order valence-electron chi connectivity index (χ1n) is 6.70. The van der Waals surface area contributed by atoms with Gasteiger partial charge < -0.3 is 9.47 Å². The SMILES string of the molecule is COc1cc(C)c(S(=O)(=O)Nc2ccccc2OC)c(C)c1. The van der Waals surface area contributed by atoms with Gasteiger partial charge in [0, 0.05) is 0 Å². The maximum Gasteiger partial charge on any atom is 0.262 e. The summed E-state index contributed by atoms with van der Waals surface area (Å²) >= 11 is 0. The normalized spacial score (nSPS) is 11.1. The highest BCUT2D eigenvalue weighted by molar-refractivity contribution is 7.92. The van der Waals surface area contributed by atoms with Gasteiger partial charge in [-0.25, -0.2) is 8.42 Å². The van der Waals surface area contributed by atoms with E-state index in [0.717, 1.165) is 0 Å². The van der Waals surface area contributed by atoms with Crippen LogP contribution in [0.5, 0.6) is 11.5 Å². The number of aryl methyl sites for hydroxylation is 2. The molecular weight excluding hydrogens is 302 g/mol. The summed E-state index contributed by atoms with van der Waals surface area (Å²) in [6.07, 6.45) is 0. The van der Waals surface area contributed by atoms with E-state index in [1.54, 1.807) is 57.4 Å². The Balaban J connectivity index is 2.48. The van der Waals surface area contributed by atoms with Crippen molar-refractivity contribution in [1.29, 1.82) is 0 Å². The molecule has 2 aromatic carbocycles. The number of methoxy groups -OCH3 is 2. The Kier molecular flexibility index (Phi) is 4.61. The maximum atomic E-state index is 12.7. The zero-order valence-electron chi connectivity index (χ0n) is 13.0. The number of ether oxygens (including phenoxy) is 2. The van der Waals surface area contributed by atoms with Crippen LogP contribution in [0.25, 0.3) is 0 Å². The number of nitrogens with one attached hydrogen (secondary N) is 1. The van der Waals surface area contributed by atoms with E-state index < -0.39 is 10.0 Å². The molecule has 6 heteroatoms. The summed E-state index contributed by atoms with van der Waals surface area (Å²) < 4.78 is 38.3. The van der Waals surface area contributed by atoms with Crippen LogP contribution < -0.4 is 14.2 Å². The second kappa shape index (κ2) is 6.27. The third-order valence-electron chi connectivity index (χ3n) is 3.29. The van der Waals surface area contributed by atoms with Gasteiger partial charge in [-0.15, -0.1) is 0 Å². The van der Waals surface area contributed by atoms with Crippen LogP contribution in [-0.4, -0.2) is 22.6 Å². The van der Waals surface area contributed by atoms with Gasteiger partial charge in [0.25, 0.3) is 10.0 Å². The van der Waals surface area contributed by atoms with Crippen molar-refractivity contribution in [3.63, 3.8) is 0 Å². The van der Waals surface area contributed by atoms with Gasteiger partial charge in [-0.2, -0.15) is 0 Å². The van der Waals surface area contributed by atoms with Gasteiger partial charge in [-0.1, -0.05) is 12.1 Å². The molecule has 0 atom stereocenters. The van der Waals surface area contributed by atoms with Gasteiger partial charge in [0.15, 0.2) is 0 Å². The molecule has 0 aliphatic rings. The monoisotopic (exact) mass is 321 g/mol. The summed E-state index contributed by atoms with van der Waals surface area (Å²) in [4.78, 5) is 0.249. The molecule has 0 saturated heterocycles. The number of sulfonamides is 1. The Morgan fingerprint density at radius 1 is 0.955 bits per heavy atom. The molecule has 2 rings (SSSR count). The van der Waals surface area contributed by atoms with Crippen LogP contribution in [0.4, 0.5) is 5.69 Å². The minimum Gasteiger partial charge on any atom is -0.497 e. The number of hydrogen-bond donors (Lipinski definition) is 1. The van der Waals surface area contributed by atoms with E-state index >= 15 is 0 Å². The Bertz CT molecular complexity index is 761. The second-order valence-corrected chi connectivity index (χ2v) is 6.52. The van der Waals surface area contributed by atoms with Crippen LogP contribution in [0, 0.1) is 13.8 Å². The molecule has 0 spiro atoms. The molecule has 0 amide bonds. The van der Waals surface area contributed by atoms with Crippen molar-refractivity contribution in [3.8, 4) is 11.5 Å². The average molecular weight is 321 g/mol. The van der Waals surface area contributed by atoms with Crippen molar-refractivity contribution < 1.29 is 17.9 Å². The molecule has 0 saturated carbocycles. The lowest BCUT2D eigenvalue weighted by Gasteiger charge is -2.15. The van der Waals surface area contributed by atoms with Gasteiger partial charge in [-0.05, 0) is 49.2 Å². The molecule has 0 aliphatic heterocycles. The summed E-state index contributed by atoms with van der Waals surface area (Å²) in [6, 6.07) is 10.3. The van der Waals surface area contributed by atoms with E-state index in [-0.39, 0.29) is 4.90 Å². The zero-order chi connectivity index (χ0) is 16.3. The highest BCUT2D eigenvalue weighted by Crippen LogP contribution is 2.30. The second-order valence-electron chi connectivity index (χ2n) is 4.90. The first-order chi connectivity index (χ1) is 10.4. The maximum absolute atomic E-state index is 12.7. The van der Waals surface area contributed by atoms with Crippen molar-refractivity contribution in [2.24, 2.45) is 0 Å². The largest absolute Gasteiger partial charge is 0.497 e. The molecule has 5 nitrogen and oxygen atoms in total. The third-order valence-corrected chi connectivity index (χ3v) is 4.96. The quantitative estimate of drug-likeness (QED) is 0.919. The van der Waals surface area contributed by atoms with Crippen LogP contribution in [0.2, 0.25) is 0 Å². The molecule has 0 radical (unpaired) electrons. The number of rotatable bonds is 5. The van der Waals surface area contributed by atoms with Crippen molar-refractivity contribution in [2.45, 2.75) is 18.7 Å². The van der Waals surface area contributed by atoms with Crippen LogP contribution in [0.15, 0.2) is 41.3 Å². The fourth-order valence-corrected chi connectivity index (χ4v) is 3.90. The summed E-state index contributed by atoms with van der Waals surface area (Å²) in [7, 11) is -0.670. The standard InChI is InChI=1S/C16H19NO4S/c1-11-9-13(20-3)10-12(2)16(11)22(18,19)17-14-7-5-6-8-15(14)21-4/h5-10,17H,1-4H3. The van der Waals surface area contributed by atoms with Gasteiger partial charge in [0.2, 0.25) is 0 Å². The number of hydrogen-bond acceptors (Lipinski definition) is 4. The van der Waals surface area contributed by atoms with Crippen LogP contribution in [0.3, 0.4) is 0 Å². The topological polar surface area (TPSA) is 64.6 Å². The van der Waals surface area contributed by atoms with Crippen LogP contribution in [0.1, 0.15) is 11.1 Å². The lowest BCUT2D eigenvalue weighted by Crippen LogP contribution is -2.16. The highest BCUT2D eigenvalue weighted by Gasteiger charge is 2.21. The number of benzene rings is 2. The molecule has 0 bridgehead atoms. The zero-order valence-corrected chi connectivity index (χ0v) is 13.8. The molecule has 0 unspecified atom stereocenters. The van der Waals surface area contributed by atoms with Crippen molar-refractivity contribution in [2.75, 3.05) is 18.9 Å². The van der Waals surface area contributed by atoms with Gasteiger partial charge in [0.1, 0.15) is 11.5 Å². The Morgan fingerprint density at radius 3 is 2.09 bits per heavy atom. The summed E-state index contributed by atoms with van der Waals surface area (Å²) in [5.41, 5.74) is 1.65. The molecule has 1 N–H and O–H groups in total. The van der Waals surface area contributed by atoms with Crippen LogP contribution in [-0.2, 0) is 10.0 Å². The van der Waals surface area contributed by atoms with E-state index in [9.17, 15) is 8.42 Å². The summed E-state index contributed by atoms with van der Waals surface area (Å²) in [5, 5.41) is 0. The number of anilines is 1. The third kappa shape index (κ3) is 3.17. The minimum absolute atomic E-state index is 0.249. The lowest BCUT2D eigenvalue weighted by molar-refractivity contribution is 0.413.